The maximum Gasteiger partial charge on any atom is 0.373 e. The normalized spacial score (nSPS) is 8.57. The van der Waals surface area contributed by atoms with Crippen LogP contribution in [-0.4, -0.2) is 16.1 Å². The first kappa shape index (κ1) is 9.98. The molecule has 1 N–H and O–H groups in total. The molecule has 0 atom stereocenters. The number of hydrogen-bond donors (Lipinski definition) is 1. The summed E-state index contributed by atoms with van der Waals surface area (Å²) in [5, 5.41) is 8.14. The van der Waals surface area contributed by atoms with Crippen LogP contribution in [-0.2, 0) is 0 Å². The number of carboxylic acids is 1. The highest BCUT2D eigenvalue weighted by atomic mass is 16.4. The average Bonchev–Trinajstić information content (AvgIpc) is 2.74. The number of rotatable bonds is 1. The third-order valence-corrected chi connectivity index (χ3v) is 1.31. The molecule has 2 rings (SSSR count). The van der Waals surface area contributed by atoms with E-state index in [-0.39, 0.29) is 5.76 Å². The summed E-state index contributed by atoms with van der Waals surface area (Å²) in [5.41, 5.74) is 0. The van der Waals surface area contributed by atoms with E-state index in [1.165, 1.54) is 0 Å². The SMILES string of the molecule is O=C(O)c1cnco1.c1ccccc1. The number of aromatic nitrogens is 1. The summed E-state index contributed by atoms with van der Waals surface area (Å²) in [5.74, 6) is -1.23. The van der Waals surface area contributed by atoms with Gasteiger partial charge in [-0.2, -0.15) is 0 Å². The van der Waals surface area contributed by atoms with Crippen LogP contribution in [0.3, 0.4) is 0 Å². The highest BCUT2D eigenvalue weighted by Gasteiger charge is 2.03. The van der Waals surface area contributed by atoms with Gasteiger partial charge in [0.15, 0.2) is 6.39 Å². The van der Waals surface area contributed by atoms with Gasteiger partial charge in [0, 0.05) is 0 Å². The molecule has 0 aliphatic rings. The summed E-state index contributed by atoms with van der Waals surface area (Å²) in [6.45, 7) is 0. The van der Waals surface area contributed by atoms with Crippen LogP contribution >= 0.6 is 0 Å². The minimum Gasteiger partial charge on any atom is -0.475 e. The van der Waals surface area contributed by atoms with Gasteiger partial charge >= 0.3 is 5.97 Å². The molecular weight excluding hydrogens is 182 g/mol. The number of aromatic carboxylic acids is 1. The first-order valence-electron chi connectivity index (χ1n) is 3.92. The van der Waals surface area contributed by atoms with Crippen molar-refractivity contribution in [2.45, 2.75) is 0 Å². The van der Waals surface area contributed by atoms with Crippen molar-refractivity contribution in [1.29, 1.82) is 0 Å². The number of hydrogen-bond acceptors (Lipinski definition) is 3. The predicted octanol–water partition coefficient (Wildman–Crippen LogP) is 2.06. The Morgan fingerprint density at radius 1 is 1.14 bits per heavy atom. The first-order chi connectivity index (χ1) is 6.80. The molecule has 1 aromatic carbocycles. The summed E-state index contributed by atoms with van der Waals surface area (Å²) in [7, 11) is 0. The van der Waals surface area contributed by atoms with Crippen LogP contribution in [0.1, 0.15) is 10.6 Å². The molecular formula is C10H9NO3. The minimum atomic E-state index is -1.09. The second-order valence-corrected chi connectivity index (χ2v) is 2.33. The van der Waals surface area contributed by atoms with E-state index in [4.69, 9.17) is 5.11 Å². The summed E-state index contributed by atoms with van der Waals surface area (Å²) in [6, 6.07) is 12.0. The van der Waals surface area contributed by atoms with E-state index in [9.17, 15) is 4.79 Å². The second kappa shape index (κ2) is 5.53. The highest BCUT2D eigenvalue weighted by molar-refractivity contribution is 5.83. The topological polar surface area (TPSA) is 63.3 Å². The van der Waals surface area contributed by atoms with Crippen molar-refractivity contribution in [2.24, 2.45) is 0 Å². The van der Waals surface area contributed by atoms with Crippen LogP contribution in [0.4, 0.5) is 0 Å². The molecule has 0 bridgehead atoms. The maximum absolute atomic E-state index is 9.93. The molecule has 0 amide bonds. The van der Waals surface area contributed by atoms with Crippen molar-refractivity contribution < 1.29 is 14.3 Å². The van der Waals surface area contributed by atoms with Crippen molar-refractivity contribution in [3.8, 4) is 0 Å². The van der Waals surface area contributed by atoms with Crippen LogP contribution in [0.15, 0.2) is 53.4 Å². The molecule has 0 unspecified atom stereocenters. The quantitative estimate of drug-likeness (QED) is 0.749. The highest BCUT2D eigenvalue weighted by Crippen LogP contribution is 1.93. The summed E-state index contributed by atoms with van der Waals surface area (Å²) < 4.78 is 4.38. The van der Waals surface area contributed by atoms with Crippen molar-refractivity contribution in [2.75, 3.05) is 0 Å². The fraction of sp³-hybridized carbons (Fsp3) is 0. The van der Waals surface area contributed by atoms with Gasteiger partial charge in [0.25, 0.3) is 0 Å². The van der Waals surface area contributed by atoms with Gasteiger partial charge in [-0.1, -0.05) is 36.4 Å². The van der Waals surface area contributed by atoms with Gasteiger partial charge in [0.2, 0.25) is 5.76 Å². The van der Waals surface area contributed by atoms with Gasteiger partial charge < -0.3 is 9.52 Å². The number of benzene rings is 1. The lowest BCUT2D eigenvalue weighted by molar-refractivity contribution is 0.0662. The summed E-state index contributed by atoms with van der Waals surface area (Å²) in [6.07, 6.45) is 2.21. The van der Waals surface area contributed by atoms with Gasteiger partial charge in [-0.3, -0.25) is 0 Å². The number of carboxylic acid groups (broad SMARTS) is 1. The molecule has 0 aliphatic carbocycles. The van der Waals surface area contributed by atoms with Crippen LogP contribution < -0.4 is 0 Å². The van der Waals surface area contributed by atoms with Crippen LogP contribution in [0, 0.1) is 0 Å². The van der Waals surface area contributed by atoms with E-state index in [0.717, 1.165) is 12.6 Å². The Bertz CT molecular complexity index is 329. The first-order valence-corrected chi connectivity index (χ1v) is 3.92. The van der Waals surface area contributed by atoms with Crippen LogP contribution in [0.25, 0.3) is 0 Å². The van der Waals surface area contributed by atoms with Gasteiger partial charge in [0.05, 0.1) is 6.20 Å². The zero-order valence-corrected chi connectivity index (χ0v) is 7.33. The monoisotopic (exact) mass is 191 g/mol. The van der Waals surface area contributed by atoms with Crippen molar-refractivity contribution in [3.63, 3.8) is 0 Å². The molecule has 14 heavy (non-hydrogen) atoms. The third-order valence-electron chi connectivity index (χ3n) is 1.31. The number of oxazole rings is 1. The van der Waals surface area contributed by atoms with E-state index >= 15 is 0 Å². The van der Waals surface area contributed by atoms with Crippen molar-refractivity contribution in [3.05, 3.63) is 54.7 Å². The fourth-order valence-electron chi connectivity index (χ4n) is 0.706. The lowest BCUT2D eigenvalue weighted by Crippen LogP contribution is -1.91. The van der Waals surface area contributed by atoms with Crippen LogP contribution in [0.2, 0.25) is 0 Å². The molecule has 1 heterocycles. The molecule has 0 saturated heterocycles. The Morgan fingerprint density at radius 3 is 1.86 bits per heavy atom. The standard InChI is InChI=1S/C6H6.C4H3NO3/c1-2-4-6-5-3-1;6-4(7)3-1-5-2-8-3/h1-6H;1-2H,(H,6,7). The smallest absolute Gasteiger partial charge is 0.373 e. The molecule has 0 aliphatic heterocycles. The lowest BCUT2D eigenvalue weighted by Gasteiger charge is -1.77. The predicted molar refractivity (Wildman–Crippen MR) is 49.9 cm³/mol. The Hall–Kier alpha value is -2.10. The van der Waals surface area contributed by atoms with Gasteiger partial charge in [-0.25, -0.2) is 9.78 Å². The Kier molecular flexibility index (Phi) is 3.94. The molecule has 2 aromatic rings. The summed E-state index contributed by atoms with van der Waals surface area (Å²) in [4.78, 5) is 13.3. The van der Waals surface area contributed by atoms with Crippen LogP contribution in [0.5, 0.6) is 0 Å². The minimum absolute atomic E-state index is 0.134. The average molecular weight is 191 g/mol. The van der Waals surface area contributed by atoms with E-state index in [1.54, 1.807) is 0 Å². The molecule has 0 spiro atoms. The zero-order chi connectivity index (χ0) is 10.2. The molecule has 4 heteroatoms. The molecule has 0 radical (unpaired) electrons. The zero-order valence-electron chi connectivity index (χ0n) is 7.33. The largest absolute Gasteiger partial charge is 0.475 e. The second-order valence-electron chi connectivity index (χ2n) is 2.33. The van der Waals surface area contributed by atoms with Gasteiger partial charge in [0.1, 0.15) is 0 Å². The Balaban J connectivity index is 0.000000146. The number of carbonyl (C=O) groups is 1. The summed E-state index contributed by atoms with van der Waals surface area (Å²) >= 11 is 0. The van der Waals surface area contributed by atoms with E-state index in [1.807, 2.05) is 36.4 Å². The van der Waals surface area contributed by atoms with Crippen molar-refractivity contribution in [1.82, 2.24) is 4.98 Å². The lowest BCUT2D eigenvalue weighted by atomic mass is 10.4. The molecule has 0 saturated carbocycles. The van der Waals surface area contributed by atoms with E-state index < -0.39 is 5.97 Å². The fourth-order valence-corrected chi connectivity index (χ4v) is 0.706. The van der Waals surface area contributed by atoms with E-state index in [0.29, 0.717) is 0 Å². The molecule has 4 nitrogen and oxygen atoms in total. The molecule has 0 fully saturated rings. The van der Waals surface area contributed by atoms with Crippen molar-refractivity contribution >= 4 is 5.97 Å². The Labute approximate surface area is 80.8 Å². The molecule has 72 valence electrons. The van der Waals surface area contributed by atoms with Gasteiger partial charge in [-0.15, -0.1) is 0 Å². The maximum atomic E-state index is 9.93. The van der Waals surface area contributed by atoms with E-state index in [2.05, 4.69) is 9.40 Å². The number of nitrogens with zero attached hydrogens (tertiary/aromatic N) is 1. The van der Waals surface area contributed by atoms with Gasteiger partial charge in [-0.05, 0) is 0 Å². The molecule has 1 aromatic heterocycles. The third kappa shape index (κ3) is 3.53. The Morgan fingerprint density at radius 2 is 1.64 bits per heavy atom.